The molecule has 0 saturated heterocycles. The molecule has 0 radical (unpaired) electrons. The molecule has 1 heterocycles. The highest BCUT2D eigenvalue weighted by atomic mass is 32.2. The van der Waals surface area contributed by atoms with Crippen LogP contribution in [0.1, 0.15) is 10.4 Å². The fraction of sp³-hybridized carbons (Fsp3) is 0.133. The lowest BCUT2D eigenvalue weighted by Gasteiger charge is -2.11. The third-order valence-electron chi connectivity index (χ3n) is 3.39. The van der Waals surface area contributed by atoms with Crippen LogP contribution in [0.4, 0.5) is 5.69 Å². The van der Waals surface area contributed by atoms with E-state index < -0.39 is 10.0 Å². The Bertz CT molecular complexity index is 993. The van der Waals surface area contributed by atoms with Crippen molar-refractivity contribution in [2.24, 2.45) is 0 Å². The Morgan fingerprint density at radius 1 is 1.04 bits per heavy atom. The lowest BCUT2D eigenvalue weighted by molar-refractivity contribution is 0.0827. The van der Waals surface area contributed by atoms with Gasteiger partial charge in [0.05, 0.1) is 10.6 Å². The SMILES string of the molecule is CN(C)C(=O)c1ccc(S(=O)(=O)Nc2ccc3n[nH]nc3c2)cc1. The molecule has 124 valence electrons. The van der Waals surface area contributed by atoms with E-state index in [1.807, 2.05) is 0 Å². The van der Waals surface area contributed by atoms with Crippen molar-refractivity contribution in [1.29, 1.82) is 0 Å². The van der Waals surface area contributed by atoms with E-state index in [1.54, 1.807) is 32.3 Å². The molecule has 2 N–H and O–H groups in total. The first kappa shape index (κ1) is 15.9. The number of anilines is 1. The fourth-order valence-corrected chi connectivity index (χ4v) is 3.20. The summed E-state index contributed by atoms with van der Waals surface area (Å²) in [6, 6.07) is 10.6. The number of sulfonamides is 1. The molecule has 0 bridgehead atoms. The Balaban J connectivity index is 1.85. The highest BCUT2D eigenvalue weighted by Gasteiger charge is 2.16. The summed E-state index contributed by atoms with van der Waals surface area (Å²) in [7, 11) is -0.494. The maximum atomic E-state index is 12.4. The van der Waals surface area contributed by atoms with Gasteiger partial charge in [-0.3, -0.25) is 9.52 Å². The van der Waals surface area contributed by atoms with Crippen LogP contribution in [0.5, 0.6) is 0 Å². The third kappa shape index (κ3) is 3.06. The number of H-pyrrole nitrogens is 1. The van der Waals surface area contributed by atoms with Crippen LogP contribution in [-0.2, 0) is 10.0 Å². The fourth-order valence-electron chi connectivity index (χ4n) is 2.15. The van der Waals surface area contributed by atoms with Crippen LogP contribution < -0.4 is 4.72 Å². The van der Waals surface area contributed by atoms with Crippen LogP contribution in [0.15, 0.2) is 47.4 Å². The van der Waals surface area contributed by atoms with Crippen molar-refractivity contribution >= 4 is 32.7 Å². The number of hydrogen-bond donors (Lipinski definition) is 2. The highest BCUT2D eigenvalue weighted by molar-refractivity contribution is 7.92. The summed E-state index contributed by atoms with van der Waals surface area (Å²) in [5.74, 6) is -0.191. The van der Waals surface area contributed by atoms with Crippen molar-refractivity contribution in [3.8, 4) is 0 Å². The summed E-state index contributed by atoms with van der Waals surface area (Å²) in [4.78, 5) is 13.3. The Labute approximate surface area is 138 Å². The second kappa shape index (κ2) is 5.93. The number of nitrogens with one attached hydrogen (secondary N) is 2. The van der Waals surface area contributed by atoms with Crippen molar-refractivity contribution < 1.29 is 13.2 Å². The third-order valence-corrected chi connectivity index (χ3v) is 4.78. The van der Waals surface area contributed by atoms with E-state index in [-0.39, 0.29) is 10.8 Å². The van der Waals surface area contributed by atoms with Gasteiger partial charge in [0.25, 0.3) is 15.9 Å². The number of amides is 1. The first-order valence-electron chi connectivity index (χ1n) is 7.02. The number of hydrogen-bond acceptors (Lipinski definition) is 5. The zero-order chi connectivity index (χ0) is 17.3. The monoisotopic (exact) mass is 345 g/mol. The molecule has 0 fully saturated rings. The van der Waals surface area contributed by atoms with Gasteiger partial charge in [0, 0.05) is 19.7 Å². The van der Waals surface area contributed by atoms with Gasteiger partial charge in [-0.25, -0.2) is 8.42 Å². The predicted molar refractivity (Wildman–Crippen MR) is 89.2 cm³/mol. The number of carbonyl (C=O) groups is 1. The second-order valence-corrected chi connectivity index (χ2v) is 7.04. The Morgan fingerprint density at radius 2 is 1.71 bits per heavy atom. The lowest BCUT2D eigenvalue weighted by atomic mass is 10.2. The largest absolute Gasteiger partial charge is 0.345 e. The average Bonchev–Trinajstić information content (AvgIpc) is 3.01. The molecular formula is C15H15N5O3S. The summed E-state index contributed by atoms with van der Waals surface area (Å²) in [6.45, 7) is 0. The smallest absolute Gasteiger partial charge is 0.261 e. The van der Waals surface area contributed by atoms with Crippen LogP contribution in [0.25, 0.3) is 11.0 Å². The predicted octanol–water partition coefficient (Wildman–Crippen LogP) is 1.46. The minimum Gasteiger partial charge on any atom is -0.345 e. The minimum absolute atomic E-state index is 0.0676. The summed E-state index contributed by atoms with van der Waals surface area (Å²) < 4.78 is 27.4. The molecule has 0 aliphatic carbocycles. The zero-order valence-corrected chi connectivity index (χ0v) is 13.8. The van der Waals surface area contributed by atoms with E-state index in [0.717, 1.165) is 0 Å². The van der Waals surface area contributed by atoms with E-state index in [9.17, 15) is 13.2 Å². The summed E-state index contributed by atoms with van der Waals surface area (Å²) in [6.07, 6.45) is 0. The van der Waals surface area contributed by atoms with Crippen LogP contribution in [-0.4, -0.2) is 48.7 Å². The maximum Gasteiger partial charge on any atom is 0.261 e. The van der Waals surface area contributed by atoms with Gasteiger partial charge in [0.15, 0.2) is 0 Å². The molecule has 1 aromatic heterocycles. The molecule has 24 heavy (non-hydrogen) atoms. The van der Waals surface area contributed by atoms with Gasteiger partial charge in [-0.1, -0.05) is 0 Å². The summed E-state index contributed by atoms with van der Waals surface area (Å²) in [5, 5.41) is 10.3. The lowest BCUT2D eigenvalue weighted by Crippen LogP contribution is -2.21. The van der Waals surface area contributed by atoms with Crippen LogP contribution in [0, 0.1) is 0 Å². The van der Waals surface area contributed by atoms with Crippen molar-refractivity contribution in [3.05, 3.63) is 48.0 Å². The van der Waals surface area contributed by atoms with Crippen LogP contribution in [0.2, 0.25) is 0 Å². The van der Waals surface area contributed by atoms with E-state index >= 15 is 0 Å². The van der Waals surface area contributed by atoms with Gasteiger partial charge < -0.3 is 4.90 Å². The molecular weight excluding hydrogens is 330 g/mol. The van der Waals surface area contributed by atoms with E-state index in [4.69, 9.17) is 0 Å². The summed E-state index contributed by atoms with van der Waals surface area (Å²) in [5.41, 5.74) is 2.00. The molecule has 2 aromatic carbocycles. The average molecular weight is 345 g/mol. The molecule has 0 atom stereocenters. The number of rotatable bonds is 4. The molecule has 1 amide bonds. The van der Waals surface area contributed by atoms with E-state index in [0.29, 0.717) is 22.3 Å². The van der Waals surface area contributed by atoms with E-state index in [1.165, 1.54) is 29.2 Å². The molecule has 0 saturated carbocycles. The number of nitrogens with zero attached hydrogens (tertiary/aromatic N) is 3. The number of aromatic amines is 1. The molecule has 0 aliphatic heterocycles. The number of carbonyl (C=O) groups excluding carboxylic acids is 1. The van der Waals surface area contributed by atoms with Gasteiger partial charge in [-0.2, -0.15) is 15.4 Å². The highest BCUT2D eigenvalue weighted by Crippen LogP contribution is 2.20. The Kier molecular flexibility index (Phi) is 3.94. The van der Waals surface area contributed by atoms with Gasteiger partial charge in [-0.15, -0.1) is 0 Å². The van der Waals surface area contributed by atoms with Crippen LogP contribution in [0.3, 0.4) is 0 Å². The standard InChI is InChI=1S/C15H15N5O3S/c1-20(2)15(21)10-3-6-12(7-4-10)24(22,23)18-11-5-8-13-14(9-11)17-19-16-13/h3-9,18H,1-2H3,(H,16,17,19). The van der Waals surface area contributed by atoms with Crippen molar-refractivity contribution in [3.63, 3.8) is 0 Å². The van der Waals surface area contributed by atoms with Crippen molar-refractivity contribution in [2.75, 3.05) is 18.8 Å². The number of fused-ring (bicyclic) bond motifs is 1. The van der Waals surface area contributed by atoms with Gasteiger partial charge in [-0.05, 0) is 42.5 Å². The first-order chi connectivity index (χ1) is 11.4. The first-order valence-corrected chi connectivity index (χ1v) is 8.50. The molecule has 0 aliphatic rings. The van der Waals surface area contributed by atoms with Gasteiger partial charge in [0.2, 0.25) is 0 Å². The van der Waals surface area contributed by atoms with Crippen molar-refractivity contribution in [1.82, 2.24) is 20.3 Å². The molecule has 8 nitrogen and oxygen atoms in total. The topological polar surface area (TPSA) is 108 Å². The summed E-state index contributed by atoms with van der Waals surface area (Å²) >= 11 is 0. The quantitative estimate of drug-likeness (QED) is 0.744. The number of aromatic nitrogens is 3. The zero-order valence-electron chi connectivity index (χ0n) is 13.0. The molecule has 3 aromatic rings. The minimum atomic E-state index is -3.76. The van der Waals surface area contributed by atoms with E-state index in [2.05, 4.69) is 20.1 Å². The Morgan fingerprint density at radius 3 is 2.38 bits per heavy atom. The molecule has 0 spiro atoms. The van der Waals surface area contributed by atoms with Crippen LogP contribution >= 0.6 is 0 Å². The normalized spacial score (nSPS) is 11.4. The number of benzene rings is 2. The van der Waals surface area contributed by atoms with Crippen molar-refractivity contribution in [2.45, 2.75) is 4.90 Å². The molecule has 3 rings (SSSR count). The van der Waals surface area contributed by atoms with Gasteiger partial charge >= 0.3 is 0 Å². The molecule has 0 unspecified atom stereocenters. The second-order valence-electron chi connectivity index (χ2n) is 5.36. The maximum absolute atomic E-state index is 12.4. The molecule has 9 heteroatoms. The van der Waals surface area contributed by atoms with Gasteiger partial charge in [0.1, 0.15) is 11.0 Å². The Hall–Kier alpha value is -2.94.